The van der Waals surface area contributed by atoms with Crippen molar-refractivity contribution < 1.29 is 4.79 Å². The van der Waals surface area contributed by atoms with Crippen molar-refractivity contribution in [1.29, 1.82) is 0 Å². The number of hydrogen-bond acceptors (Lipinski definition) is 2. The first-order chi connectivity index (χ1) is 7.99. The molecule has 1 aliphatic carbocycles. The number of nitrogens with two attached hydrogens (primary N) is 1. The molecule has 1 heterocycles. The minimum atomic E-state index is 0.128. The standard InChI is InChI=1S/C14H26N2O/c1-14(2)7-8-16(10-12(14)15)13(17)9-11-5-3-4-6-11/h11-12H,3-10,15H2,1-2H3. The molecule has 0 aromatic heterocycles. The van der Waals surface area contributed by atoms with E-state index < -0.39 is 0 Å². The number of likely N-dealkylation sites (tertiary alicyclic amines) is 1. The average Bonchev–Trinajstić information content (AvgIpc) is 2.74. The Morgan fingerprint density at radius 2 is 2.00 bits per heavy atom. The van der Waals surface area contributed by atoms with Gasteiger partial charge in [0.25, 0.3) is 0 Å². The molecule has 1 amide bonds. The molecule has 0 bridgehead atoms. The average molecular weight is 238 g/mol. The normalized spacial score (nSPS) is 29.6. The molecule has 0 spiro atoms. The Labute approximate surface area is 105 Å². The van der Waals surface area contributed by atoms with Crippen LogP contribution in [-0.4, -0.2) is 29.9 Å². The highest BCUT2D eigenvalue weighted by molar-refractivity contribution is 5.76. The van der Waals surface area contributed by atoms with Crippen molar-refractivity contribution in [2.75, 3.05) is 13.1 Å². The third kappa shape index (κ3) is 3.01. The van der Waals surface area contributed by atoms with Crippen molar-refractivity contribution in [2.45, 2.75) is 58.4 Å². The van der Waals surface area contributed by atoms with Crippen LogP contribution in [0.1, 0.15) is 52.4 Å². The summed E-state index contributed by atoms with van der Waals surface area (Å²) in [5.74, 6) is 0.983. The minimum Gasteiger partial charge on any atom is -0.341 e. The van der Waals surface area contributed by atoms with Gasteiger partial charge in [0.05, 0.1) is 0 Å². The van der Waals surface area contributed by atoms with Crippen molar-refractivity contribution in [3.05, 3.63) is 0 Å². The van der Waals surface area contributed by atoms with E-state index in [0.717, 1.165) is 25.9 Å². The maximum atomic E-state index is 12.2. The lowest BCUT2D eigenvalue weighted by Gasteiger charge is -2.42. The van der Waals surface area contributed by atoms with Crippen LogP contribution in [0, 0.1) is 11.3 Å². The van der Waals surface area contributed by atoms with E-state index in [1.54, 1.807) is 0 Å². The smallest absolute Gasteiger partial charge is 0.222 e. The molecular formula is C14H26N2O. The van der Waals surface area contributed by atoms with E-state index in [0.29, 0.717) is 11.8 Å². The fraction of sp³-hybridized carbons (Fsp3) is 0.929. The van der Waals surface area contributed by atoms with Crippen LogP contribution in [-0.2, 0) is 4.79 Å². The lowest BCUT2D eigenvalue weighted by molar-refractivity contribution is -0.134. The van der Waals surface area contributed by atoms with Gasteiger partial charge in [-0.15, -0.1) is 0 Å². The zero-order valence-corrected chi connectivity index (χ0v) is 11.2. The van der Waals surface area contributed by atoms with Crippen molar-refractivity contribution in [2.24, 2.45) is 17.1 Å². The predicted molar refractivity (Wildman–Crippen MR) is 69.5 cm³/mol. The largest absolute Gasteiger partial charge is 0.341 e. The van der Waals surface area contributed by atoms with Crippen molar-refractivity contribution >= 4 is 5.91 Å². The topological polar surface area (TPSA) is 46.3 Å². The Bertz CT molecular complexity index is 282. The maximum Gasteiger partial charge on any atom is 0.222 e. The second-order valence-electron chi connectivity index (χ2n) is 6.54. The molecule has 1 aliphatic heterocycles. The quantitative estimate of drug-likeness (QED) is 0.801. The molecule has 3 heteroatoms. The van der Waals surface area contributed by atoms with E-state index in [9.17, 15) is 4.79 Å². The van der Waals surface area contributed by atoms with Gasteiger partial charge in [-0.1, -0.05) is 26.7 Å². The number of carbonyl (C=O) groups excluding carboxylic acids is 1. The molecule has 2 aliphatic rings. The maximum absolute atomic E-state index is 12.2. The summed E-state index contributed by atoms with van der Waals surface area (Å²) in [6, 6.07) is 0.128. The van der Waals surface area contributed by atoms with E-state index in [2.05, 4.69) is 13.8 Å². The summed E-state index contributed by atoms with van der Waals surface area (Å²) in [6.45, 7) is 6.05. The number of rotatable bonds is 2. The van der Waals surface area contributed by atoms with Gasteiger partial charge in [0.15, 0.2) is 0 Å². The van der Waals surface area contributed by atoms with Crippen LogP contribution in [0.5, 0.6) is 0 Å². The van der Waals surface area contributed by atoms with E-state index >= 15 is 0 Å². The van der Waals surface area contributed by atoms with Gasteiger partial charge in [-0.05, 0) is 30.6 Å². The molecule has 2 fully saturated rings. The molecule has 1 saturated heterocycles. The first kappa shape index (κ1) is 12.9. The highest BCUT2D eigenvalue weighted by Crippen LogP contribution is 2.31. The minimum absolute atomic E-state index is 0.128. The van der Waals surface area contributed by atoms with Crippen LogP contribution in [0.3, 0.4) is 0 Å². The Hall–Kier alpha value is -0.570. The summed E-state index contributed by atoms with van der Waals surface area (Å²) in [5.41, 5.74) is 6.34. The molecule has 3 nitrogen and oxygen atoms in total. The molecule has 1 saturated carbocycles. The first-order valence-corrected chi connectivity index (χ1v) is 7.02. The van der Waals surface area contributed by atoms with E-state index in [1.807, 2.05) is 4.90 Å². The van der Waals surface area contributed by atoms with Crippen molar-refractivity contribution in [3.63, 3.8) is 0 Å². The molecular weight excluding hydrogens is 212 g/mol. The van der Waals surface area contributed by atoms with Gasteiger partial charge in [-0.25, -0.2) is 0 Å². The zero-order chi connectivity index (χ0) is 12.5. The number of amides is 1. The summed E-state index contributed by atoms with van der Waals surface area (Å²) in [5, 5.41) is 0. The van der Waals surface area contributed by atoms with Gasteiger partial charge in [-0.3, -0.25) is 4.79 Å². The lowest BCUT2D eigenvalue weighted by atomic mass is 9.78. The predicted octanol–water partition coefficient (Wildman–Crippen LogP) is 2.15. The molecule has 1 unspecified atom stereocenters. The summed E-state index contributed by atoms with van der Waals surface area (Å²) < 4.78 is 0. The van der Waals surface area contributed by atoms with Crippen LogP contribution in [0.15, 0.2) is 0 Å². The molecule has 2 rings (SSSR count). The molecule has 0 aromatic rings. The van der Waals surface area contributed by atoms with Crippen LogP contribution in [0.25, 0.3) is 0 Å². The Morgan fingerprint density at radius 3 is 2.59 bits per heavy atom. The van der Waals surface area contributed by atoms with Gasteiger partial charge < -0.3 is 10.6 Å². The zero-order valence-electron chi connectivity index (χ0n) is 11.2. The van der Waals surface area contributed by atoms with Gasteiger partial charge in [0.2, 0.25) is 5.91 Å². The molecule has 17 heavy (non-hydrogen) atoms. The number of piperidine rings is 1. The number of nitrogens with zero attached hydrogens (tertiary/aromatic N) is 1. The second-order valence-corrected chi connectivity index (χ2v) is 6.54. The number of carbonyl (C=O) groups is 1. The van der Waals surface area contributed by atoms with Crippen molar-refractivity contribution in [3.8, 4) is 0 Å². The van der Waals surface area contributed by atoms with Crippen LogP contribution < -0.4 is 5.73 Å². The third-order valence-electron chi connectivity index (χ3n) is 4.74. The fourth-order valence-electron chi connectivity index (χ4n) is 3.00. The molecule has 2 N–H and O–H groups in total. The summed E-state index contributed by atoms with van der Waals surface area (Å²) in [4.78, 5) is 14.2. The van der Waals surface area contributed by atoms with E-state index in [4.69, 9.17) is 5.73 Å². The summed E-state index contributed by atoms with van der Waals surface area (Å²) in [7, 11) is 0. The summed E-state index contributed by atoms with van der Waals surface area (Å²) in [6.07, 6.45) is 6.90. The van der Waals surface area contributed by atoms with Gasteiger partial charge >= 0.3 is 0 Å². The number of hydrogen-bond donors (Lipinski definition) is 1. The molecule has 98 valence electrons. The Morgan fingerprint density at radius 1 is 1.35 bits per heavy atom. The monoisotopic (exact) mass is 238 g/mol. The van der Waals surface area contributed by atoms with Gasteiger partial charge in [-0.2, -0.15) is 0 Å². The molecule has 0 radical (unpaired) electrons. The third-order valence-corrected chi connectivity index (χ3v) is 4.74. The molecule has 1 atom stereocenters. The van der Waals surface area contributed by atoms with Crippen LogP contribution >= 0.6 is 0 Å². The second kappa shape index (κ2) is 4.97. The highest BCUT2D eigenvalue weighted by atomic mass is 16.2. The Balaban J connectivity index is 1.84. The lowest BCUT2D eigenvalue weighted by Crippen LogP contribution is -2.54. The fourth-order valence-corrected chi connectivity index (χ4v) is 3.00. The highest BCUT2D eigenvalue weighted by Gasteiger charge is 2.35. The van der Waals surface area contributed by atoms with Gasteiger partial charge in [0.1, 0.15) is 0 Å². The summed E-state index contributed by atoms with van der Waals surface area (Å²) >= 11 is 0. The Kier molecular flexibility index (Phi) is 3.76. The van der Waals surface area contributed by atoms with Crippen LogP contribution in [0.2, 0.25) is 0 Å². The SMILES string of the molecule is CC1(C)CCN(C(=O)CC2CCCC2)CC1N. The first-order valence-electron chi connectivity index (χ1n) is 7.02. The van der Waals surface area contributed by atoms with Crippen LogP contribution in [0.4, 0.5) is 0 Å². The van der Waals surface area contributed by atoms with Crippen molar-refractivity contribution in [1.82, 2.24) is 4.90 Å². The van der Waals surface area contributed by atoms with Gasteiger partial charge in [0, 0.05) is 25.6 Å². The van der Waals surface area contributed by atoms with E-state index in [1.165, 1.54) is 25.7 Å². The van der Waals surface area contributed by atoms with E-state index in [-0.39, 0.29) is 11.5 Å². The molecule has 0 aromatic carbocycles.